The fourth-order valence-electron chi connectivity index (χ4n) is 2.85. The number of hydrogen-bond donors (Lipinski definition) is 1. The number of ether oxygens (including phenoxy) is 4. The zero-order valence-corrected chi connectivity index (χ0v) is 18.2. The third-order valence-corrected chi connectivity index (χ3v) is 4.99. The zero-order chi connectivity index (χ0) is 23.1. The Kier molecular flexibility index (Phi) is 7.61. The number of alkyl halides is 2. The number of anilines is 1. The minimum atomic E-state index is -2.95. The third-order valence-electron chi connectivity index (χ3n) is 4.23. The van der Waals surface area contributed by atoms with Crippen LogP contribution in [0.2, 0.25) is 0 Å². The highest BCUT2D eigenvalue weighted by Crippen LogP contribution is 2.38. The van der Waals surface area contributed by atoms with Crippen molar-refractivity contribution in [1.29, 1.82) is 0 Å². The number of carbonyl (C=O) groups excluding carboxylic acids is 1. The number of halogens is 2. The molecule has 0 bridgehead atoms. The molecule has 1 aromatic heterocycles. The lowest BCUT2D eigenvalue weighted by atomic mass is 10.1. The summed E-state index contributed by atoms with van der Waals surface area (Å²) in [7, 11) is 4.51. The van der Waals surface area contributed by atoms with Gasteiger partial charge < -0.3 is 18.9 Å². The van der Waals surface area contributed by atoms with E-state index in [0.29, 0.717) is 39.2 Å². The molecule has 168 valence electrons. The first-order valence-corrected chi connectivity index (χ1v) is 10.1. The first-order valence-electron chi connectivity index (χ1n) is 9.24. The molecule has 7 nitrogen and oxygen atoms in total. The van der Waals surface area contributed by atoms with Crippen LogP contribution < -0.4 is 24.3 Å². The minimum absolute atomic E-state index is 0.00738. The van der Waals surface area contributed by atoms with Gasteiger partial charge in [0.25, 0.3) is 0 Å². The molecule has 0 saturated heterocycles. The van der Waals surface area contributed by atoms with E-state index in [2.05, 4.69) is 15.0 Å². The van der Waals surface area contributed by atoms with Crippen molar-refractivity contribution in [2.24, 2.45) is 0 Å². The standard InChI is InChI=1S/C22H20F2N2O5S/c1-28-17-10-13(11-18(29-2)20(17)30-3)8-9-19(27)26-22-25-15(12-32-22)14-6-4-5-7-16(14)31-21(23)24/h4-12,21H,1-3H3,(H,25,26,27)/b9-8+. The molecule has 0 fully saturated rings. The van der Waals surface area contributed by atoms with Crippen LogP contribution in [0.25, 0.3) is 17.3 Å². The molecule has 0 radical (unpaired) electrons. The van der Waals surface area contributed by atoms with Crippen LogP contribution in [0.5, 0.6) is 23.0 Å². The minimum Gasteiger partial charge on any atom is -0.493 e. The molecule has 3 aromatic rings. The molecule has 1 heterocycles. The number of amides is 1. The van der Waals surface area contributed by atoms with E-state index in [1.54, 1.807) is 41.8 Å². The summed E-state index contributed by atoms with van der Waals surface area (Å²) in [5, 5.41) is 4.60. The maximum absolute atomic E-state index is 12.6. The number of nitrogens with zero attached hydrogens (tertiary/aromatic N) is 1. The van der Waals surface area contributed by atoms with Crippen molar-refractivity contribution < 1.29 is 32.5 Å². The number of rotatable bonds is 9. The summed E-state index contributed by atoms with van der Waals surface area (Å²) in [6.07, 6.45) is 2.91. The van der Waals surface area contributed by atoms with Crippen molar-refractivity contribution in [3.05, 3.63) is 53.4 Å². The van der Waals surface area contributed by atoms with E-state index in [1.807, 2.05) is 0 Å². The molecule has 2 aromatic carbocycles. The van der Waals surface area contributed by atoms with Crippen LogP contribution in [0.1, 0.15) is 5.56 Å². The summed E-state index contributed by atoms with van der Waals surface area (Å²) in [5.41, 5.74) is 1.47. The van der Waals surface area contributed by atoms with Crippen LogP contribution in [0.3, 0.4) is 0 Å². The Labute approximate surface area is 187 Å². The predicted molar refractivity (Wildman–Crippen MR) is 118 cm³/mol. The molecule has 1 N–H and O–H groups in total. The monoisotopic (exact) mass is 462 g/mol. The lowest BCUT2D eigenvalue weighted by Crippen LogP contribution is -2.07. The second-order valence-corrected chi connectivity index (χ2v) is 7.05. The van der Waals surface area contributed by atoms with Gasteiger partial charge in [0.05, 0.1) is 27.0 Å². The molecule has 0 saturated carbocycles. The van der Waals surface area contributed by atoms with Crippen LogP contribution in [-0.4, -0.2) is 38.8 Å². The first kappa shape index (κ1) is 23.0. The Hall–Kier alpha value is -3.66. The quantitative estimate of drug-likeness (QED) is 0.447. The Bertz CT molecular complexity index is 1090. The van der Waals surface area contributed by atoms with Crippen LogP contribution in [0, 0.1) is 0 Å². The molecule has 1 amide bonds. The van der Waals surface area contributed by atoms with Gasteiger partial charge in [-0.3, -0.25) is 10.1 Å². The fourth-order valence-corrected chi connectivity index (χ4v) is 3.56. The van der Waals surface area contributed by atoms with Gasteiger partial charge in [-0.1, -0.05) is 12.1 Å². The normalized spacial score (nSPS) is 10.9. The van der Waals surface area contributed by atoms with Gasteiger partial charge >= 0.3 is 6.61 Å². The summed E-state index contributed by atoms with van der Waals surface area (Å²) in [5.74, 6) is 0.954. The first-order chi connectivity index (χ1) is 15.4. The second-order valence-electron chi connectivity index (χ2n) is 6.19. The van der Waals surface area contributed by atoms with E-state index in [9.17, 15) is 13.6 Å². The molecule has 0 aliphatic heterocycles. The van der Waals surface area contributed by atoms with E-state index in [4.69, 9.17) is 14.2 Å². The Morgan fingerprint density at radius 1 is 1.06 bits per heavy atom. The van der Waals surface area contributed by atoms with Crippen molar-refractivity contribution in [3.63, 3.8) is 0 Å². The fraction of sp³-hybridized carbons (Fsp3) is 0.182. The van der Waals surface area contributed by atoms with Crippen LogP contribution in [0.4, 0.5) is 13.9 Å². The third kappa shape index (κ3) is 5.52. The number of thiazole rings is 1. The summed E-state index contributed by atoms with van der Waals surface area (Å²) in [6, 6.07) is 9.72. The van der Waals surface area contributed by atoms with Gasteiger partial charge in [-0.05, 0) is 35.9 Å². The topological polar surface area (TPSA) is 78.9 Å². The molecule has 0 aliphatic rings. The van der Waals surface area contributed by atoms with Gasteiger partial charge in [0.2, 0.25) is 11.7 Å². The number of methoxy groups -OCH3 is 3. The number of para-hydroxylation sites is 1. The lowest BCUT2D eigenvalue weighted by molar-refractivity contribution is -0.111. The van der Waals surface area contributed by atoms with Gasteiger partial charge in [-0.15, -0.1) is 11.3 Å². The van der Waals surface area contributed by atoms with E-state index >= 15 is 0 Å². The maximum atomic E-state index is 12.6. The Morgan fingerprint density at radius 3 is 2.38 bits per heavy atom. The maximum Gasteiger partial charge on any atom is 0.387 e. The van der Waals surface area contributed by atoms with Crippen molar-refractivity contribution >= 4 is 28.5 Å². The van der Waals surface area contributed by atoms with E-state index in [1.165, 1.54) is 33.5 Å². The number of nitrogens with one attached hydrogen (secondary N) is 1. The summed E-state index contributed by atoms with van der Waals surface area (Å²) >= 11 is 1.16. The molecule has 0 spiro atoms. The van der Waals surface area contributed by atoms with Crippen LogP contribution in [-0.2, 0) is 4.79 Å². The van der Waals surface area contributed by atoms with E-state index in [0.717, 1.165) is 11.3 Å². The molecular weight excluding hydrogens is 442 g/mol. The number of hydrogen-bond acceptors (Lipinski definition) is 7. The van der Waals surface area contributed by atoms with Crippen LogP contribution in [0.15, 0.2) is 47.9 Å². The molecule has 0 unspecified atom stereocenters. The highest BCUT2D eigenvalue weighted by atomic mass is 32.1. The molecule has 10 heteroatoms. The molecule has 0 aliphatic carbocycles. The zero-order valence-electron chi connectivity index (χ0n) is 17.4. The van der Waals surface area contributed by atoms with Crippen molar-refractivity contribution in [2.45, 2.75) is 6.61 Å². The smallest absolute Gasteiger partial charge is 0.387 e. The summed E-state index contributed by atoms with van der Waals surface area (Å²) < 4.78 is 45.7. The van der Waals surface area contributed by atoms with Gasteiger partial charge in [-0.2, -0.15) is 8.78 Å². The molecule has 32 heavy (non-hydrogen) atoms. The average Bonchev–Trinajstić information content (AvgIpc) is 3.24. The largest absolute Gasteiger partial charge is 0.493 e. The summed E-state index contributed by atoms with van der Waals surface area (Å²) in [6.45, 7) is -2.95. The second kappa shape index (κ2) is 10.6. The highest BCUT2D eigenvalue weighted by Gasteiger charge is 2.15. The summed E-state index contributed by atoms with van der Waals surface area (Å²) in [4.78, 5) is 16.6. The number of aromatic nitrogens is 1. The average molecular weight is 462 g/mol. The Balaban J connectivity index is 1.73. The van der Waals surface area contributed by atoms with Crippen molar-refractivity contribution in [1.82, 2.24) is 4.98 Å². The van der Waals surface area contributed by atoms with Gasteiger partial charge in [0, 0.05) is 17.0 Å². The van der Waals surface area contributed by atoms with Crippen molar-refractivity contribution in [3.8, 4) is 34.3 Å². The SMILES string of the molecule is COc1cc(/C=C/C(=O)Nc2nc(-c3ccccc3OC(F)F)cs2)cc(OC)c1OC. The molecular formula is C22H20F2N2O5S. The van der Waals surface area contributed by atoms with Gasteiger partial charge in [0.15, 0.2) is 16.6 Å². The number of carbonyl (C=O) groups is 1. The Morgan fingerprint density at radius 2 is 1.75 bits per heavy atom. The van der Waals surface area contributed by atoms with Crippen molar-refractivity contribution in [2.75, 3.05) is 26.6 Å². The molecule has 3 rings (SSSR count). The number of benzene rings is 2. The van der Waals surface area contributed by atoms with Gasteiger partial charge in [0.1, 0.15) is 5.75 Å². The highest BCUT2D eigenvalue weighted by molar-refractivity contribution is 7.14. The van der Waals surface area contributed by atoms with E-state index < -0.39 is 12.5 Å². The van der Waals surface area contributed by atoms with E-state index in [-0.39, 0.29) is 5.75 Å². The predicted octanol–water partition coefficient (Wildman–Crippen LogP) is 5.09. The molecule has 0 atom stereocenters. The lowest BCUT2D eigenvalue weighted by Gasteiger charge is -2.12. The van der Waals surface area contributed by atoms with Gasteiger partial charge in [-0.25, -0.2) is 4.98 Å². The van der Waals surface area contributed by atoms with Crippen LogP contribution >= 0.6 is 11.3 Å².